The molecular weight excluding hydrogens is 204 g/mol. The first-order valence-electron chi connectivity index (χ1n) is 5.13. The maximum atomic E-state index is 12.9. The van der Waals surface area contributed by atoms with Gasteiger partial charge in [0.25, 0.3) is 5.92 Å². The zero-order chi connectivity index (χ0) is 10.9. The summed E-state index contributed by atoms with van der Waals surface area (Å²) in [5, 5.41) is 0. The molecule has 0 aromatic rings. The smallest absolute Gasteiger partial charge is 0.252 e. The first-order valence-corrected chi connectivity index (χ1v) is 5.13. The molecule has 0 bridgehead atoms. The first-order chi connectivity index (χ1) is 7.08. The van der Waals surface area contributed by atoms with Crippen LogP contribution >= 0.6 is 0 Å². The summed E-state index contributed by atoms with van der Waals surface area (Å²) in [7, 11) is 0. The van der Waals surface area contributed by atoms with Gasteiger partial charge in [-0.05, 0) is 12.8 Å². The van der Waals surface area contributed by atoms with Crippen LogP contribution in [0.2, 0.25) is 0 Å². The predicted octanol–water partition coefficient (Wildman–Crippen LogP) is 1.92. The molecule has 0 radical (unpaired) electrons. The van der Waals surface area contributed by atoms with Crippen molar-refractivity contribution in [2.45, 2.75) is 37.1 Å². The molecule has 1 aliphatic heterocycles. The Morgan fingerprint density at radius 3 is 2.60 bits per heavy atom. The monoisotopic (exact) mass is 217 g/mol. The lowest BCUT2D eigenvalue weighted by atomic mass is 9.64. The zero-order valence-electron chi connectivity index (χ0n) is 8.34. The van der Waals surface area contributed by atoms with Crippen molar-refractivity contribution >= 4 is 6.08 Å². The van der Waals surface area contributed by atoms with Crippen LogP contribution in [-0.4, -0.2) is 30.8 Å². The van der Waals surface area contributed by atoms with Crippen molar-refractivity contribution in [2.24, 2.45) is 10.9 Å². The molecule has 2 rings (SSSR count). The maximum Gasteiger partial charge on any atom is 0.252 e. The van der Waals surface area contributed by atoms with Crippen molar-refractivity contribution in [2.75, 3.05) is 13.2 Å². The largest absolute Gasteiger partial charge is 0.381 e. The van der Waals surface area contributed by atoms with E-state index < -0.39 is 11.5 Å². The number of aliphatic imine (C=N–C) groups is 1. The minimum absolute atomic E-state index is 0.0488. The number of alkyl halides is 2. The van der Waals surface area contributed by atoms with Gasteiger partial charge in [-0.2, -0.15) is 4.99 Å². The first kappa shape index (κ1) is 10.7. The lowest BCUT2D eigenvalue weighted by Crippen LogP contribution is -2.56. The van der Waals surface area contributed by atoms with Gasteiger partial charge in [0.1, 0.15) is 0 Å². The molecule has 0 spiro atoms. The summed E-state index contributed by atoms with van der Waals surface area (Å²) < 4.78 is 31.0. The van der Waals surface area contributed by atoms with Crippen molar-refractivity contribution in [3.8, 4) is 0 Å². The topological polar surface area (TPSA) is 38.7 Å². The van der Waals surface area contributed by atoms with Gasteiger partial charge in [-0.3, -0.25) is 0 Å². The van der Waals surface area contributed by atoms with Crippen molar-refractivity contribution in [1.82, 2.24) is 0 Å². The fourth-order valence-corrected chi connectivity index (χ4v) is 2.56. The van der Waals surface area contributed by atoms with Crippen LogP contribution in [0.4, 0.5) is 8.78 Å². The van der Waals surface area contributed by atoms with E-state index in [9.17, 15) is 13.6 Å². The highest BCUT2D eigenvalue weighted by atomic mass is 19.3. The summed E-state index contributed by atoms with van der Waals surface area (Å²) in [4.78, 5) is 13.9. The molecule has 84 valence electrons. The molecule has 1 aliphatic carbocycles. The van der Waals surface area contributed by atoms with Gasteiger partial charge in [0.2, 0.25) is 6.08 Å². The Bertz CT molecular complexity index is 286. The Morgan fingerprint density at radius 2 is 2.13 bits per heavy atom. The Kier molecular flexibility index (Phi) is 2.61. The lowest BCUT2D eigenvalue weighted by Gasteiger charge is -2.48. The van der Waals surface area contributed by atoms with E-state index >= 15 is 0 Å². The van der Waals surface area contributed by atoms with Crippen molar-refractivity contribution in [3.63, 3.8) is 0 Å². The number of nitrogens with zero attached hydrogens (tertiary/aromatic N) is 1. The summed E-state index contributed by atoms with van der Waals surface area (Å²) in [5.74, 6) is -2.72. The molecule has 0 amide bonds. The molecule has 5 heteroatoms. The highest BCUT2D eigenvalue weighted by Crippen LogP contribution is 2.53. The summed E-state index contributed by atoms with van der Waals surface area (Å²) in [6.45, 7) is 1.11. The number of halogens is 2. The van der Waals surface area contributed by atoms with Gasteiger partial charge < -0.3 is 4.74 Å². The minimum Gasteiger partial charge on any atom is -0.381 e. The van der Waals surface area contributed by atoms with Crippen LogP contribution in [-0.2, 0) is 9.53 Å². The second-order valence-electron chi connectivity index (χ2n) is 4.43. The number of isocyanates is 1. The van der Waals surface area contributed by atoms with Crippen molar-refractivity contribution in [1.29, 1.82) is 0 Å². The van der Waals surface area contributed by atoms with Gasteiger partial charge in [-0.1, -0.05) is 0 Å². The second kappa shape index (κ2) is 3.65. The van der Waals surface area contributed by atoms with Crippen LogP contribution in [0.3, 0.4) is 0 Å². The molecule has 2 fully saturated rings. The zero-order valence-corrected chi connectivity index (χ0v) is 8.34. The molecule has 15 heavy (non-hydrogen) atoms. The van der Waals surface area contributed by atoms with Gasteiger partial charge in [-0.15, -0.1) is 0 Å². The maximum absolute atomic E-state index is 12.9. The van der Waals surface area contributed by atoms with Crippen LogP contribution in [0, 0.1) is 5.92 Å². The number of carbonyl (C=O) groups excluding carboxylic acids is 1. The molecule has 1 atom stereocenters. The third-order valence-corrected chi connectivity index (χ3v) is 3.32. The molecule has 1 saturated heterocycles. The van der Waals surface area contributed by atoms with Crippen LogP contribution in [0.1, 0.15) is 25.7 Å². The Hall–Kier alpha value is -0.800. The average molecular weight is 217 g/mol. The lowest BCUT2D eigenvalue weighted by molar-refractivity contribution is -0.152. The van der Waals surface area contributed by atoms with Crippen molar-refractivity contribution in [3.05, 3.63) is 0 Å². The number of rotatable bonds is 2. The quantitative estimate of drug-likeness (QED) is 0.523. The van der Waals surface area contributed by atoms with Crippen LogP contribution in [0.5, 0.6) is 0 Å². The minimum atomic E-state index is -2.67. The molecule has 0 aromatic heterocycles. The second-order valence-corrected chi connectivity index (χ2v) is 4.43. The highest BCUT2D eigenvalue weighted by molar-refractivity contribution is 5.36. The molecule has 0 aromatic carbocycles. The van der Waals surface area contributed by atoms with E-state index in [-0.39, 0.29) is 18.8 Å². The standard InChI is InChI=1S/C10H13F2NO2/c11-10(12)5-9(6-10,13-7-14)8-2-1-3-15-4-8/h8H,1-6H2. The van der Waals surface area contributed by atoms with Gasteiger partial charge in [0.05, 0.1) is 12.1 Å². The van der Waals surface area contributed by atoms with Crippen LogP contribution in [0.25, 0.3) is 0 Å². The molecule has 1 unspecified atom stereocenters. The number of hydrogen-bond acceptors (Lipinski definition) is 3. The SMILES string of the molecule is O=C=NC1(C2CCCOC2)CC(F)(F)C1. The van der Waals surface area contributed by atoms with Gasteiger partial charge in [0.15, 0.2) is 0 Å². The molecular formula is C10H13F2NO2. The van der Waals surface area contributed by atoms with E-state index in [0.717, 1.165) is 12.8 Å². The molecule has 1 saturated carbocycles. The fourth-order valence-electron chi connectivity index (χ4n) is 2.56. The molecule has 3 nitrogen and oxygen atoms in total. The van der Waals surface area contributed by atoms with E-state index in [4.69, 9.17) is 4.74 Å². The Morgan fingerprint density at radius 1 is 1.40 bits per heavy atom. The molecule has 1 heterocycles. The van der Waals surface area contributed by atoms with Crippen LogP contribution < -0.4 is 0 Å². The summed E-state index contributed by atoms with van der Waals surface area (Å²) in [6.07, 6.45) is 2.43. The van der Waals surface area contributed by atoms with Gasteiger partial charge in [0, 0.05) is 25.4 Å². The van der Waals surface area contributed by atoms with E-state index in [0.29, 0.717) is 13.2 Å². The van der Waals surface area contributed by atoms with E-state index in [1.54, 1.807) is 0 Å². The summed E-state index contributed by atoms with van der Waals surface area (Å²) >= 11 is 0. The van der Waals surface area contributed by atoms with Crippen molar-refractivity contribution < 1.29 is 18.3 Å². The number of ether oxygens (including phenoxy) is 1. The van der Waals surface area contributed by atoms with E-state index in [1.807, 2.05) is 0 Å². The van der Waals surface area contributed by atoms with Gasteiger partial charge >= 0.3 is 0 Å². The summed E-state index contributed by atoms with van der Waals surface area (Å²) in [5.41, 5.74) is -0.897. The summed E-state index contributed by atoms with van der Waals surface area (Å²) in [6, 6.07) is 0. The number of hydrogen-bond donors (Lipinski definition) is 0. The Labute approximate surface area is 86.5 Å². The average Bonchev–Trinajstić information content (AvgIpc) is 2.16. The van der Waals surface area contributed by atoms with E-state index in [2.05, 4.69) is 4.99 Å². The normalized spacial score (nSPS) is 32.5. The predicted molar refractivity (Wildman–Crippen MR) is 48.6 cm³/mol. The molecule has 0 N–H and O–H groups in total. The van der Waals surface area contributed by atoms with Gasteiger partial charge in [-0.25, -0.2) is 13.6 Å². The fraction of sp³-hybridized carbons (Fsp3) is 0.900. The Balaban J connectivity index is 2.10. The molecule has 2 aliphatic rings. The third kappa shape index (κ3) is 1.94. The highest BCUT2D eigenvalue weighted by Gasteiger charge is 2.60. The van der Waals surface area contributed by atoms with Crippen LogP contribution in [0.15, 0.2) is 4.99 Å². The third-order valence-electron chi connectivity index (χ3n) is 3.32. The van der Waals surface area contributed by atoms with E-state index in [1.165, 1.54) is 6.08 Å².